The van der Waals surface area contributed by atoms with Gasteiger partial charge in [0.05, 0.1) is 18.3 Å². The third-order valence-corrected chi connectivity index (χ3v) is 5.56. The average Bonchev–Trinajstić information content (AvgIpc) is 2.73. The largest absolute Gasteiger partial charge is 0.497 e. The summed E-state index contributed by atoms with van der Waals surface area (Å²) in [5.74, 6) is 0.884. The van der Waals surface area contributed by atoms with Crippen LogP contribution in [0.1, 0.15) is 24.0 Å². The zero-order valence-corrected chi connectivity index (χ0v) is 15.0. The molecule has 0 bridgehead atoms. The van der Waals surface area contributed by atoms with E-state index in [-0.39, 0.29) is 0 Å². The second kappa shape index (κ2) is 6.14. The molecule has 0 amide bonds. The maximum absolute atomic E-state index is 5.32. The molecular weight excluding hydrogens is 318 g/mol. The monoisotopic (exact) mass is 339 g/mol. The topological polar surface area (TPSA) is 22.1 Å². The number of aryl methyl sites for hydroxylation is 1. The van der Waals surface area contributed by atoms with E-state index in [1.807, 2.05) is 12.1 Å². The van der Waals surface area contributed by atoms with Crippen LogP contribution in [0.2, 0.25) is 0 Å². The third-order valence-electron chi connectivity index (χ3n) is 5.56. The van der Waals surface area contributed by atoms with Crippen LogP contribution < -0.4 is 4.74 Å². The van der Waals surface area contributed by atoms with Crippen molar-refractivity contribution in [3.8, 4) is 17.0 Å². The Hall–Kier alpha value is -2.87. The molecule has 0 atom stereocenters. The van der Waals surface area contributed by atoms with E-state index in [1.165, 1.54) is 45.7 Å². The summed E-state index contributed by atoms with van der Waals surface area (Å²) in [5, 5.41) is 3.98. The maximum atomic E-state index is 5.32. The molecule has 1 aliphatic carbocycles. The smallest absolute Gasteiger partial charge is 0.118 e. The third kappa shape index (κ3) is 2.37. The van der Waals surface area contributed by atoms with Gasteiger partial charge in [-0.05, 0) is 77.9 Å². The zero-order valence-electron chi connectivity index (χ0n) is 15.0. The molecule has 0 saturated carbocycles. The summed E-state index contributed by atoms with van der Waals surface area (Å²) in [7, 11) is 1.70. The lowest BCUT2D eigenvalue weighted by atomic mass is 9.85. The van der Waals surface area contributed by atoms with Gasteiger partial charge in [-0.25, -0.2) is 4.98 Å². The SMILES string of the molecule is COc1ccc(-c2nc3ccc4ccccc4c3c3c2CCCC3)cc1. The Morgan fingerprint density at radius 2 is 1.58 bits per heavy atom. The number of rotatable bonds is 2. The maximum Gasteiger partial charge on any atom is 0.118 e. The van der Waals surface area contributed by atoms with Gasteiger partial charge in [-0.15, -0.1) is 0 Å². The molecule has 0 saturated heterocycles. The summed E-state index contributed by atoms with van der Waals surface area (Å²) in [6, 6.07) is 21.4. The van der Waals surface area contributed by atoms with Crippen LogP contribution in [0.3, 0.4) is 0 Å². The van der Waals surface area contributed by atoms with Gasteiger partial charge in [0.2, 0.25) is 0 Å². The van der Waals surface area contributed by atoms with Crippen LogP contribution in [0.4, 0.5) is 0 Å². The highest BCUT2D eigenvalue weighted by Crippen LogP contribution is 2.38. The summed E-state index contributed by atoms with van der Waals surface area (Å²) in [4.78, 5) is 5.12. The number of ether oxygens (including phenoxy) is 1. The van der Waals surface area contributed by atoms with Crippen molar-refractivity contribution in [2.24, 2.45) is 0 Å². The molecule has 0 radical (unpaired) electrons. The normalized spacial score (nSPS) is 13.7. The second-order valence-corrected chi connectivity index (χ2v) is 7.03. The molecule has 3 aromatic carbocycles. The molecule has 0 aliphatic heterocycles. The van der Waals surface area contributed by atoms with Crippen molar-refractivity contribution in [2.45, 2.75) is 25.7 Å². The van der Waals surface area contributed by atoms with E-state index < -0.39 is 0 Å². The van der Waals surface area contributed by atoms with E-state index in [0.29, 0.717) is 0 Å². The zero-order chi connectivity index (χ0) is 17.5. The lowest BCUT2D eigenvalue weighted by Crippen LogP contribution is -2.08. The lowest BCUT2D eigenvalue weighted by molar-refractivity contribution is 0.415. The molecule has 0 unspecified atom stereocenters. The number of nitrogens with zero attached hydrogens (tertiary/aromatic N) is 1. The minimum Gasteiger partial charge on any atom is -0.497 e. The summed E-state index contributed by atoms with van der Waals surface area (Å²) < 4.78 is 5.32. The molecule has 1 heterocycles. The molecule has 128 valence electrons. The number of hydrogen-bond donors (Lipinski definition) is 0. The summed E-state index contributed by atoms with van der Waals surface area (Å²) in [6.07, 6.45) is 4.76. The second-order valence-electron chi connectivity index (χ2n) is 7.03. The summed E-state index contributed by atoms with van der Waals surface area (Å²) in [5.41, 5.74) is 6.37. The first-order chi connectivity index (χ1) is 12.8. The Kier molecular flexibility index (Phi) is 3.63. The standard InChI is InChI=1S/C24H21NO/c1-26-18-13-10-17(11-14-18)24-21-9-5-4-8-20(21)23-19-7-3-2-6-16(19)12-15-22(23)25-24/h2-3,6-7,10-15H,4-5,8-9H2,1H3. The molecule has 2 heteroatoms. The van der Waals surface area contributed by atoms with Crippen LogP contribution in [0.25, 0.3) is 32.9 Å². The van der Waals surface area contributed by atoms with Crippen LogP contribution in [0.5, 0.6) is 5.75 Å². The minimum atomic E-state index is 0.884. The molecule has 5 rings (SSSR count). The molecule has 1 aliphatic rings. The fourth-order valence-electron chi connectivity index (χ4n) is 4.29. The highest BCUT2D eigenvalue weighted by molar-refractivity contribution is 6.09. The highest BCUT2D eigenvalue weighted by Gasteiger charge is 2.20. The predicted molar refractivity (Wildman–Crippen MR) is 108 cm³/mol. The number of fused-ring (bicyclic) bond motifs is 5. The number of aromatic nitrogens is 1. The van der Waals surface area contributed by atoms with Crippen LogP contribution in [0, 0.1) is 0 Å². The van der Waals surface area contributed by atoms with Gasteiger partial charge in [0.1, 0.15) is 5.75 Å². The van der Waals surface area contributed by atoms with Crippen molar-refractivity contribution >= 4 is 21.7 Å². The Balaban J connectivity index is 1.83. The van der Waals surface area contributed by atoms with Crippen LogP contribution in [0.15, 0.2) is 60.7 Å². The first-order valence-corrected chi connectivity index (χ1v) is 9.33. The quantitative estimate of drug-likeness (QED) is 0.421. The van der Waals surface area contributed by atoms with E-state index in [4.69, 9.17) is 9.72 Å². The van der Waals surface area contributed by atoms with Crippen molar-refractivity contribution in [2.75, 3.05) is 7.11 Å². The lowest BCUT2D eigenvalue weighted by Gasteiger charge is -2.22. The predicted octanol–water partition coefficient (Wildman–Crippen LogP) is 5.94. The molecule has 0 spiro atoms. The van der Waals surface area contributed by atoms with E-state index in [1.54, 1.807) is 7.11 Å². The molecule has 0 fully saturated rings. The van der Waals surface area contributed by atoms with Crippen molar-refractivity contribution in [3.05, 3.63) is 71.8 Å². The Bertz CT molecular complexity index is 1110. The van der Waals surface area contributed by atoms with Crippen molar-refractivity contribution in [1.82, 2.24) is 4.98 Å². The van der Waals surface area contributed by atoms with Gasteiger partial charge in [0, 0.05) is 10.9 Å². The number of benzene rings is 3. The first kappa shape index (κ1) is 15.4. The van der Waals surface area contributed by atoms with Gasteiger partial charge >= 0.3 is 0 Å². The number of methoxy groups -OCH3 is 1. The van der Waals surface area contributed by atoms with Crippen LogP contribution in [-0.2, 0) is 12.8 Å². The fourth-order valence-corrected chi connectivity index (χ4v) is 4.29. The molecule has 26 heavy (non-hydrogen) atoms. The van der Waals surface area contributed by atoms with Crippen LogP contribution in [-0.4, -0.2) is 12.1 Å². The van der Waals surface area contributed by atoms with Gasteiger partial charge in [0.25, 0.3) is 0 Å². The Morgan fingerprint density at radius 3 is 2.38 bits per heavy atom. The molecule has 4 aromatic rings. The molecule has 1 aromatic heterocycles. The minimum absolute atomic E-state index is 0.884. The van der Waals surface area contributed by atoms with Gasteiger partial charge in [0.15, 0.2) is 0 Å². The number of hydrogen-bond acceptors (Lipinski definition) is 2. The van der Waals surface area contributed by atoms with Crippen molar-refractivity contribution < 1.29 is 4.74 Å². The van der Waals surface area contributed by atoms with E-state index in [0.717, 1.165) is 29.8 Å². The van der Waals surface area contributed by atoms with Gasteiger partial charge < -0.3 is 4.74 Å². The first-order valence-electron chi connectivity index (χ1n) is 9.33. The van der Waals surface area contributed by atoms with Gasteiger partial charge in [-0.1, -0.05) is 30.3 Å². The van der Waals surface area contributed by atoms with Crippen LogP contribution >= 0.6 is 0 Å². The Labute approximate surface area is 153 Å². The van der Waals surface area contributed by atoms with Crippen molar-refractivity contribution in [3.63, 3.8) is 0 Å². The average molecular weight is 339 g/mol. The van der Waals surface area contributed by atoms with E-state index in [9.17, 15) is 0 Å². The molecule has 2 nitrogen and oxygen atoms in total. The fraction of sp³-hybridized carbons (Fsp3) is 0.208. The van der Waals surface area contributed by atoms with E-state index in [2.05, 4.69) is 48.5 Å². The Morgan fingerprint density at radius 1 is 0.808 bits per heavy atom. The van der Waals surface area contributed by atoms with E-state index >= 15 is 0 Å². The van der Waals surface area contributed by atoms with Gasteiger partial charge in [-0.3, -0.25) is 0 Å². The summed E-state index contributed by atoms with van der Waals surface area (Å²) in [6.45, 7) is 0. The number of pyridine rings is 1. The van der Waals surface area contributed by atoms with Gasteiger partial charge in [-0.2, -0.15) is 0 Å². The highest BCUT2D eigenvalue weighted by atomic mass is 16.5. The summed E-state index contributed by atoms with van der Waals surface area (Å²) >= 11 is 0. The molecule has 0 N–H and O–H groups in total. The molecular formula is C24H21NO. The van der Waals surface area contributed by atoms with Crippen molar-refractivity contribution in [1.29, 1.82) is 0 Å².